The number of H-pyrrole nitrogens is 2. The quantitative estimate of drug-likeness (QED) is 0.103. The highest BCUT2D eigenvalue weighted by Gasteiger charge is 2.40. The van der Waals surface area contributed by atoms with Gasteiger partial charge in [0.25, 0.3) is 5.91 Å². The number of alkyl carbamates (subject to hydrolysis) is 2. The maximum Gasteiger partial charge on any atom is 0.407 e. The number of amides is 4. The second kappa shape index (κ2) is 18.7. The molecule has 64 heavy (non-hydrogen) atoms. The molecule has 3 aromatic carbocycles. The molecule has 3 saturated heterocycles. The summed E-state index contributed by atoms with van der Waals surface area (Å²) in [5.41, 5.74) is 6.95. The zero-order valence-corrected chi connectivity index (χ0v) is 35.8. The number of imidazole rings is 2. The molecule has 0 unspecified atom stereocenters. The van der Waals surface area contributed by atoms with Crippen LogP contribution in [-0.2, 0) is 23.8 Å². The minimum Gasteiger partial charge on any atom is -0.453 e. The fourth-order valence-electron chi connectivity index (χ4n) is 9.29. The summed E-state index contributed by atoms with van der Waals surface area (Å²) in [5.74, 6) is 1.01. The van der Waals surface area contributed by atoms with Crippen LogP contribution < -0.4 is 10.6 Å². The van der Waals surface area contributed by atoms with Crippen molar-refractivity contribution in [2.75, 3.05) is 40.5 Å². The van der Waals surface area contributed by atoms with Gasteiger partial charge in [0.2, 0.25) is 5.91 Å². The Bertz CT molecular complexity index is 2620. The van der Waals surface area contributed by atoms with E-state index in [-0.39, 0.29) is 29.8 Å². The molecular formula is C48H51N9O7. The van der Waals surface area contributed by atoms with Gasteiger partial charge in [-0.3, -0.25) is 14.6 Å². The van der Waals surface area contributed by atoms with Gasteiger partial charge in [0.05, 0.1) is 49.4 Å². The molecule has 0 saturated carbocycles. The predicted octanol–water partition coefficient (Wildman–Crippen LogP) is 7.26. The van der Waals surface area contributed by atoms with E-state index >= 15 is 0 Å². The second-order valence-corrected chi connectivity index (χ2v) is 16.5. The van der Waals surface area contributed by atoms with E-state index in [1.807, 2.05) is 59.8 Å². The Balaban J connectivity index is 0.868. The van der Waals surface area contributed by atoms with Crippen LogP contribution in [0.25, 0.3) is 44.5 Å². The van der Waals surface area contributed by atoms with Gasteiger partial charge in [0, 0.05) is 49.6 Å². The standard InChI is InChI=1S/C48H51N9O7/c1-62-47(60)54-41(31-8-4-3-5-9-31)45(58)56-20-6-10-39(56)43-50-27-37(52-43)30-14-12-29(13-15-30)33-16-17-34-24-35(26-49-36(34)25-33)38-28-51-44(53-38)40-11-7-21-57(40)46(59)42(55-48(61)63-2)32-18-22-64-23-19-32/h3-5,8-9,12-17,24-28,32,39-42H,6-7,10-11,18-23H2,1-2H3,(H,50,52)(H,51,53)(H,54,60)(H,55,61)/t39-,40-,41+,42-/m0/s1. The van der Waals surface area contributed by atoms with Crippen molar-refractivity contribution in [3.63, 3.8) is 0 Å². The molecule has 16 nitrogen and oxygen atoms in total. The van der Waals surface area contributed by atoms with E-state index < -0.39 is 24.3 Å². The summed E-state index contributed by atoms with van der Waals surface area (Å²) < 4.78 is 15.2. The van der Waals surface area contributed by atoms with Crippen molar-refractivity contribution in [3.05, 3.63) is 115 Å². The number of hydrogen-bond acceptors (Lipinski definition) is 10. The van der Waals surface area contributed by atoms with E-state index in [4.69, 9.17) is 29.2 Å². The van der Waals surface area contributed by atoms with Crippen LogP contribution in [0.3, 0.4) is 0 Å². The van der Waals surface area contributed by atoms with Gasteiger partial charge in [-0.05, 0) is 78.8 Å². The number of aromatic nitrogens is 5. The summed E-state index contributed by atoms with van der Waals surface area (Å²) >= 11 is 0. The topological polar surface area (TPSA) is 197 Å². The summed E-state index contributed by atoms with van der Waals surface area (Å²) in [6.45, 7) is 2.23. The molecule has 16 heteroatoms. The molecule has 3 fully saturated rings. The van der Waals surface area contributed by atoms with Crippen LogP contribution in [0.1, 0.15) is 73.9 Å². The van der Waals surface area contributed by atoms with Crippen molar-refractivity contribution in [3.8, 4) is 33.6 Å². The number of methoxy groups -OCH3 is 2. The first-order valence-corrected chi connectivity index (χ1v) is 21.8. The third kappa shape index (κ3) is 8.78. The maximum atomic E-state index is 14.0. The number of aromatic amines is 2. The van der Waals surface area contributed by atoms with Gasteiger partial charge in [0.15, 0.2) is 0 Å². The number of benzene rings is 3. The van der Waals surface area contributed by atoms with Crippen LogP contribution in [-0.4, -0.2) is 105 Å². The number of ether oxygens (including phenoxy) is 3. The third-order valence-electron chi connectivity index (χ3n) is 12.7. The van der Waals surface area contributed by atoms with E-state index in [1.165, 1.54) is 14.2 Å². The molecule has 3 aliphatic heterocycles. The van der Waals surface area contributed by atoms with Crippen molar-refractivity contribution in [2.24, 2.45) is 5.92 Å². The van der Waals surface area contributed by atoms with E-state index in [0.29, 0.717) is 56.4 Å². The molecule has 4 amide bonds. The van der Waals surface area contributed by atoms with Gasteiger partial charge in [-0.2, -0.15) is 0 Å². The van der Waals surface area contributed by atoms with E-state index in [2.05, 4.69) is 57.0 Å². The van der Waals surface area contributed by atoms with Crippen molar-refractivity contribution in [1.82, 2.24) is 45.4 Å². The van der Waals surface area contributed by atoms with Gasteiger partial charge in [0.1, 0.15) is 23.7 Å². The predicted molar refractivity (Wildman–Crippen MR) is 237 cm³/mol. The number of rotatable bonds is 11. The summed E-state index contributed by atoms with van der Waals surface area (Å²) in [6, 6.07) is 23.6. The van der Waals surface area contributed by atoms with E-state index in [1.54, 1.807) is 11.1 Å². The molecule has 0 aliphatic carbocycles. The number of nitrogens with zero attached hydrogens (tertiary/aromatic N) is 5. The fourth-order valence-corrected chi connectivity index (χ4v) is 9.29. The first kappa shape index (κ1) is 42.2. The summed E-state index contributed by atoms with van der Waals surface area (Å²) in [5, 5.41) is 6.49. The van der Waals surface area contributed by atoms with Crippen LogP contribution in [0, 0.1) is 5.92 Å². The minimum absolute atomic E-state index is 0.0387. The minimum atomic E-state index is -0.886. The van der Waals surface area contributed by atoms with Crippen molar-refractivity contribution < 1.29 is 33.4 Å². The Hall–Kier alpha value is -7.07. The van der Waals surface area contributed by atoms with Gasteiger partial charge in [-0.1, -0.05) is 66.7 Å². The number of likely N-dealkylation sites (tertiary alicyclic amines) is 2. The maximum absolute atomic E-state index is 14.0. The lowest BCUT2D eigenvalue weighted by Crippen LogP contribution is -2.53. The zero-order valence-electron chi connectivity index (χ0n) is 35.8. The zero-order chi connectivity index (χ0) is 44.2. The first-order valence-electron chi connectivity index (χ1n) is 21.8. The summed E-state index contributed by atoms with van der Waals surface area (Å²) in [7, 11) is 2.58. The molecule has 0 radical (unpaired) electrons. The largest absolute Gasteiger partial charge is 0.453 e. The molecule has 4 atom stereocenters. The monoisotopic (exact) mass is 865 g/mol. The number of carbonyl (C=O) groups is 4. The van der Waals surface area contributed by atoms with Crippen molar-refractivity contribution in [2.45, 2.75) is 62.7 Å². The number of pyridine rings is 1. The number of fused-ring (bicyclic) bond motifs is 1. The smallest absolute Gasteiger partial charge is 0.407 e. The second-order valence-electron chi connectivity index (χ2n) is 16.5. The van der Waals surface area contributed by atoms with Crippen molar-refractivity contribution >= 4 is 34.9 Å². The highest BCUT2D eigenvalue weighted by atomic mass is 16.5. The van der Waals surface area contributed by atoms with Crippen LogP contribution in [0.2, 0.25) is 0 Å². The Morgan fingerprint density at radius 3 is 2.12 bits per heavy atom. The number of nitrogens with one attached hydrogen (secondary N) is 4. The SMILES string of the molecule is COC(=O)N[C@H](C(=O)N1CCC[C@H]1c1nc(-c2cnc3cc(-c4ccc(-c5cnc([C@@H]6CCCN6C(=O)[C@H](NC(=O)OC)c6ccccc6)[nH]5)cc4)ccc3c2)c[nH]1)C1CCOCC1. The number of carbonyl (C=O) groups excluding carboxylic acids is 4. The van der Waals surface area contributed by atoms with Crippen LogP contribution in [0.15, 0.2) is 97.5 Å². The van der Waals surface area contributed by atoms with Gasteiger partial charge < -0.3 is 44.6 Å². The Labute approximate surface area is 370 Å². The highest BCUT2D eigenvalue weighted by Crippen LogP contribution is 2.36. The average molecular weight is 866 g/mol. The van der Waals surface area contributed by atoms with E-state index in [0.717, 1.165) is 70.2 Å². The summed E-state index contributed by atoms with van der Waals surface area (Å²) in [6.07, 6.45) is 8.70. The van der Waals surface area contributed by atoms with Crippen molar-refractivity contribution in [1.29, 1.82) is 0 Å². The Morgan fingerprint density at radius 2 is 1.39 bits per heavy atom. The lowest BCUT2D eigenvalue weighted by Gasteiger charge is -2.34. The van der Waals surface area contributed by atoms with Gasteiger partial charge in [-0.25, -0.2) is 19.6 Å². The lowest BCUT2D eigenvalue weighted by molar-refractivity contribution is -0.137. The highest BCUT2D eigenvalue weighted by molar-refractivity contribution is 5.89. The fraction of sp³-hybridized carbons (Fsp3) is 0.354. The van der Waals surface area contributed by atoms with Gasteiger partial charge in [-0.15, -0.1) is 0 Å². The molecule has 3 aliphatic rings. The van der Waals surface area contributed by atoms with Crippen LogP contribution in [0.4, 0.5) is 9.59 Å². The molecule has 6 aromatic rings. The molecule has 6 heterocycles. The van der Waals surface area contributed by atoms with Crippen LogP contribution in [0.5, 0.6) is 0 Å². The lowest BCUT2D eigenvalue weighted by atomic mass is 9.90. The van der Waals surface area contributed by atoms with Crippen LogP contribution >= 0.6 is 0 Å². The average Bonchev–Trinajstić information content (AvgIpc) is 4.20. The summed E-state index contributed by atoms with van der Waals surface area (Å²) in [4.78, 5) is 77.4. The molecule has 4 N–H and O–H groups in total. The van der Waals surface area contributed by atoms with E-state index in [9.17, 15) is 19.2 Å². The van der Waals surface area contributed by atoms with Gasteiger partial charge >= 0.3 is 12.2 Å². The first-order chi connectivity index (χ1) is 31.3. The third-order valence-corrected chi connectivity index (χ3v) is 12.7. The Kier molecular flexibility index (Phi) is 12.4. The normalized spacial score (nSPS) is 18.7. The molecule has 0 bridgehead atoms. The molecule has 3 aromatic heterocycles. The molecular weight excluding hydrogens is 815 g/mol. The Morgan fingerprint density at radius 1 is 0.719 bits per heavy atom. The molecule has 9 rings (SSSR count). The number of hydrogen-bond donors (Lipinski definition) is 4. The molecule has 330 valence electrons. The molecule has 0 spiro atoms.